The first-order chi connectivity index (χ1) is 9.15. The van der Waals surface area contributed by atoms with Crippen molar-refractivity contribution in [1.29, 1.82) is 0 Å². The lowest BCUT2D eigenvalue weighted by Gasteiger charge is -2.04. The summed E-state index contributed by atoms with van der Waals surface area (Å²) in [7, 11) is 0. The highest BCUT2D eigenvalue weighted by atomic mass is 35.5. The molecule has 0 fully saturated rings. The van der Waals surface area contributed by atoms with E-state index in [1.165, 1.54) is 0 Å². The molecule has 0 aliphatic carbocycles. The predicted octanol–water partition coefficient (Wildman–Crippen LogP) is 4.10. The van der Waals surface area contributed by atoms with Gasteiger partial charge in [0.1, 0.15) is 0 Å². The predicted molar refractivity (Wildman–Crippen MR) is 80.2 cm³/mol. The van der Waals surface area contributed by atoms with Gasteiger partial charge in [0.2, 0.25) is 0 Å². The fourth-order valence-electron chi connectivity index (χ4n) is 2.09. The minimum absolute atomic E-state index is 0.687. The van der Waals surface area contributed by atoms with Crippen molar-refractivity contribution in [3.8, 4) is 0 Å². The number of halogens is 1. The van der Waals surface area contributed by atoms with E-state index in [0.717, 1.165) is 27.3 Å². The van der Waals surface area contributed by atoms with Crippen LogP contribution in [0.25, 0.3) is 11.2 Å². The molecule has 1 aromatic carbocycles. The van der Waals surface area contributed by atoms with Gasteiger partial charge in [0.15, 0.2) is 10.4 Å². The Bertz CT molecular complexity index is 787. The van der Waals surface area contributed by atoms with Gasteiger partial charge in [0.05, 0.1) is 12.1 Å². The van der Waals surface area contributed by atoms with Crippen LogP contribution in [0, 0.1) is 11.7 Å². The molecule has 2 aromatic heterocycles. The SMILES string of the molecule is Cc1ccnc2c1[nH]c(=S)n2Cc1ccc(Cl)cc1. The summed E-state index contributed by atoms with van der Waals surface area (Å²) in [5.74, 6) is 0. The lowest BCUT2D eigenvalue weighted by atomic mass is 10.2. The molecule has 1 N–H and O–H groups in total. The van der Waals surface area contributed by atoms with Crippen LogP contribution in [0.3, 0.4) is 0 Å². The first-order valence-corrected chi connectivity index (χ1v) is 6.72. The third kappa shape index (κ3) is 2.29. The average molecular weight is 290 g/mol. The van der Waals surface area contributed by atoms with Gasteiger partial charge in [0, 0.05) is 11.2 Å². The average Bonchev–Trinajstić information content (AvgIpc) is 2.71. The van der Waals surface area contributed by atoms with Crippen molar-refractivity contribution in [1.82, 2.24) is 14.5 Å². The topological polar surface area (TPSA) is 33.6 Å². The quantitative estimate of drug-likeness (QED) is 0.721. The largest absolute Gasteiger partial charge is 0.329 e. The summed E-state index contributed by atoms with van der Waals surface area (Å²) in [5.41, 5.74) is 4.18. The molecule has 0 bridgehead atoms. The molecule has 0 spiro atoms. The monoisotopic (exact) mass is 289 g/mol. The third-order valence-electron chi connectivity index (χ3n) is 3.13. The highest BCUT2D eigenvalue weighted by Crippen LogP contribution is 2.17. The van der Waals surface area contributed by atoms with E-state index >= 15 is 0 Å². The molecule has 0 unspecified atom stereocenters. The summed E-state index contributed by atoms with van der Waals surface area (Å²) in [5, 5.41) is 0.736. The zero-order valence-electron chi connectivity index (χ0n) is 10.4. The molecule has 0 radical (unpaired) electrons. The molecule has 3 rings (SSSR count). The summed E-state index contributed by atoms with van der Waals surface area (Å²) in [6.07, 6.45) is 1.80. The van der Waals surface area contributed by atoms with Crippen molar-refractivity contribution < 1.29 is 0 Å². The maximum absolute atomic E-state index is 5.89. The molecule has 19 heavy (non-hydrogen) atoms. The zero-order chi connectivity index (χ0) is 13.4. The summed E-state index contributed by atoms with van der Waals surface area (Å²) in [4.78, 5) is 7.63. The minimum atomic E-state index is 0.687. The summed E-state index contributed by atoms with van der Waals surface area (Å²) in [6.45, 7) is 2.73. The summed E-state index contributed by atoms with van der Waals surface area (Å²) < 4.78 is 2.69. The van der Waals surface area contributed by atoms with Crippen LogP contribution in [-0.4, -0.2) is 14.5 Å². The van der Waals surface area contributed by atoms with E-state index in [2.05, 4.69) is 9.97 Å². The Morgan fingerprint density at radius 2 is 2.00 bits per heavy atom. The van der Waals surface area contributed by atoms with Crippen molar-refractivity contribution in [2.24, 2.45) is 0 Å². The van der Waals surface area contributed by atoms with Crippen LogP contribution in [0.15, 0.2) is 36.5 Å². The van der Waals surface area contributed by atoms with Gasteiger partial charge in [-0.05, 0) is 48.5 Å². The maximum atomic E-state index is 5.89. The molecule has 3 aromatic rings. The number of rotatable bonds is 2. The van der Waals surface area contributed by atoms with Crippen LogP contribution in [-0.2, 0) is 6.54 Å². The molecule has 2 heterocycles. The Hall–Kier alpha value is -1.65. The Morgan fingerprint density at radius 1 is 1.26 bits per heavy atom. The van der Waals surface area contributed by atoms with Gasteiger partial charge < -0.3 is 4.98 Å². The molecule has 0 aliphatic rings. The number of aromatic amines is 1. The number of benzene rings is 1. The first-order valence-electron chi connectivity index (χ1n) is 5.94. The van der Waals surface area contributed by atoms with Gasteiger partial charge >= 0.3 is 0 Å². The van der Waals surface area contributed by atoms with Crippen LogP contribution in [0.4, 0.5) is 0 Å². The smallest absolute Gasteiger partial charge is 0.179 e. The Kier molecular flexibility index (Phi) is 3.12. The first kappa shape index (κ1) is 12.4. The van der Waals surface area contributed by atoms with Crippen LogP contribution in [0.5, 0.6) is 0 Å². The van der Waals surface area contributed by atoms with Crippen LogP contribution in [0.2, 0.25) is 5.02 Å². The van der Waals surface area contributed by atoms with E-state index in [-0.39, 0.29) is 0 Å². The van der Waals surface area contributed by atoms with E-state index in [0.29, 0.717) is 11.3 Å². The highest BCUT2D eigenvalue weighted by Gasteiger charge is 2.07. The van der Waals surface area contributed by atoms with Crippen molar-refractivity contribution >= 4 is 35.0 Å². The van der Waals surface area contributed by atoms with Gasteiger partial charge in [0.25, 0.3) is 0 Å². The number of hydrogen-bond donors (Lipinski definition) is 1. The number of imidazole rings is 1. The molecular weight excluding hydrogens is 278 g/mol. The fourth-order valence-corrected chi connectivity index (χ4v) is 2.47. The highest BCUT2D eigenvalue weighted by molar-refractivity contribution is 7.71. The number of pyridine rings is 1. The number of nitrogens with one attached hydrogen (secondary N) is 1. The molecule has 3 nitrogen and oxygen atoms in total. The number of aryl methyl sites for hydroxylation is 1. The lowest BCUT2D eigenvalue weighted by molar-refractivity contribution is 0.801. The van der Waals surface area contributed by atoms with Crippen molar-refractivity contribution in [2.75, 3.05) is 0 Å². The number of H-pyrrole nitrogens is 1. The molecule has 0 amide bonds. The third-order valence-corrected chi connectivity index (χ3v) is 3.70. The molecular formula is C14H12ClN3S. The molecule has 5 heteroatoms. The van der Waals surface area contributed by atoms with Gasteiger partial charge in [-0.2, -0.15) is 0 Å². The van der Waals surface area contributed by atoms with E-state index in [1.807, 2.05) is 41.8 Å². The summed E-state index contributed by atoms with van der Waals surface area (Å²) in [6, 6.07) is 9.74. The maximum Gasteiger partial charge on any atom is 0.179 e. The van der Waals surface area contributed by atoms with Gasteiger partial charge in [-0.3, -0.25) is 4.57 Å². The standard InChI is InChI=1S/C14H12ClN3S/c1-9-6-7-16-13-12(9)17-14(19)18(13)8-10-2-4-11(15)5-3-10/h2-7H,8H2,1H3,(H,17,19). The number of aromatic nitrogens is 3. The Morgan fingerprint density at radius 3 is 2.74 bits per heavy atom. The molecule has 0 atom stereocenters. The van der Waals surface area contributed by atoms with E-state index < -0.39 is 0 Å². The molecule has 0 saturated heterocycles. The Balaban J connectivity index is 2.10. The Labute approximate surface area is 120 Å². The number of hydrogen-bond acceptors (Lipinski definition) is 2. The molecule has 0 aliphatic heterocycles. The second kappa shape index (κ2) is 4.79. The number of nitrogens with zero attached hydrogens (tertiary/aromatic N) is 2. The van der Waals surface area contributed by atoms with Crippen LogP contribution < -0.4 is 0 Å². The van der Waals surface area contributed by atoms with Crippen molar-refractivity contribution in [3.63, 3.8) is 0 Å². The second-order valence-corrected chi connectivity index (χ2v) is 5.29. The molecule has 96 valence electrons. The summed E-state index contributed by atoms with van der Waals surface area (Å²) >= 11 is 11.3. The minimum Gasteiger partial charge on any atom is -0.329 e. The zero-order valence-corrected chi connectivity index (χ0v) is 11.9. The van der Waals surface area contributed by atoms with Gasteiger partial charge in [-0.25, -0.2) is 4.98 Å². The van der Waals surface area contributed by atoms with E-state index in [9.17, 15) is 0 Å². The molecule has 0 saturated carbocycles. The fraction of sp³-hybridized carbons (Fsp3) is 0.143. The van der Waals surface area contributed by atoms with Gasteiger partial charge in [-0.1, -0.05) is 23.7 Å². The lowest BCUT2D eigenvalue weighted by Crippen LogP contribution is -2.00. The second-order valence-electron chi connectivity index (χ2n) is 4.47. The van der Waals surface area contributed by atoms with Gasteiger partial charge in [-0.15, -0.1) is 0 Å². The van der Waals surface area contributed by atoms with Crippen LogP contribution in [0.1, 0.15) is 11.1 Å². The van der Waals surface area contributed by atoms with Crippen molar-refractivity contribution in [2.45, 2.75) is 13.5 Å². The van der Waals surface area contributed by atoms with E-state index in [1.54, 1.807) is 6.20 Å². The van der Waals surface area contributed by atoms with E-state index in [4.69, 9.17) is 23.8 Å². The van der Waals surface area contributed by atoms with Crippen LogP contribution >= 0.6 is 23.8 Å². The van der Waals surface area contributed by atoms with Crippen molar-refractivity contribution in [3.05, 3.63) is 57.4 Å². The number of fused-ring (bicyclic) bond motifs is 1. The normalized spacial score (nSPS) is 11.1.